The molecule has 3 aromatic carbocycles. The lowest BCUT2D eigenvalue weighted by atomic mass is 10.0. The second-order valence-corrected chi connectivity index (χ2v) is 12.7. The molecule has 1 atom stereocenters. The minimum Gasteiger partial charge on any atom is -0.324 e. The van der Waals surface area contributed by atoms with Gasteiger partial charge in [-0.15, -0.1) is 0 Å². The van der Waals surface area contributed by atoms with Crippen LogP contribution in [-0.2, 0) is 24.8 Å². The van der Waals surface area contributed by atoms with Gasteiger partial charge >= 0.3 is 0 Å². The molecule has 1 heterocycles. The molecule has 3 aromatic rings. The number of piperazine rings is 1. The van der Waals surface area contributed by atoms with Crippen molar-refractivity contribution in [2.75, 3.05) is 25.0 Å². The Balaban J connectivity index is 1.71. The van der Waals surface area contributed by atoms with Crippen LogP contribution in [0.4, 0.5) is 5.69 Å². The molecule has 1 aliphatic heterocycles. The molecule has 0 bridgehead atoms. The lowest BCUT2D eigenvalue weighted by molar-refractivity contribution is -0.120. The number of nitrogens with zero attached hydrogens (tertiary/aromatic N) is 2. The molecule has 1 saturated heterocycles. The van der Waals surface area contributed by atoms with Crippen LogP contribution in [0.25, 0.3) is 0 Å². The normalized spacial score (nSPS) is 17.7. The molecule has 1 N–H and O–H groups in total. The van der Waals surface area contributed by atoms with Crippen molar-refractivity contribution in [3.05, 3.63) is 90.5 Å². The number of benzene rings is 3. The van der Waals surface area contributed by atoms with E-state index in [-0.39, 0.29) is 35.3 Å². The fraction of sp³-hybridized carbons (Fsp3) is 0.269. The molecule has 0 saturated carbocycles. The lowest BCUT2D eigenvalue weighted by Crippen LogP contribution is -2.60. The Morgan fingerprint density at radius 3 is 1.89 bits per heavy atom. The molecule has 190 valence electrons. The van der Waals surface area contributed by atoms with Gasteiger partial charge in [-0.1, -0.05) is 68.4 Å². The summed E-state index contributed by atoms with van der Waals surface area (Å²) in [6, 6.07) is 21.8. The zero-order valence-electron chi connectivity index (χ0n) is 20.1. The molecule has 0 radical (unpaired) electrons. The quantitative estimate of drug-likeness (QED) is 0.506. The van der Waals surface area contributed by atoms with Crippen LogP contribution in [0.15, 0.2) is 94.7 Å². The molecule has 0 unspecified atom stereocenters. The van der Waals surface area contributed by atoms with Gasteiger partial charge in [0.05, 0.1) is 9.79 Å². The summed E-state index contributed by atoms with van der Waals surface area (Å²) in [4.78, 5) is 13.7. The van der Waals surface area contributed by atoms with Gasteiger partial charge in [0.25, 0.3) is 0 Å². The van der Waals surface area contributed by atoms with E-state index in [1.807, 2.05) is 26.0 Å². The van der Waals surface area contributed by atoms with E-state index < -0.39 is 32.0 Å². The zero-order valence-corrected chi connectivity index (χ0v) is 21.7. The fourth-order valence-corrected chi connectivity index (χ4v) is 7.31. The molecule has 0 aliphatic carbocycles. The molecule has 0 spiro atoms. The van der Waals surface area contributed by atoms with Gasteiger partial charge in [0.15, 0.2) is 0 Å². The molecule has 1 aliphatic rings. The number of carbonyl (C=O) groups is 1. The second-order valence-electron chi connectivity index (χ2n) is 8.85. The van der Waals surface area contributed by atoms with E-state index in [4.69, 9.17) is 0 Å². The first-order valence-corrected chi connectivity index (χ1v) is 14.5. The highest BCUT2D eigenvalue weighted by atomic mass is 32.2. The van der Waals surface area contributed by atoms with Crippen molar-refractivity contribution >= 4 is 31.6 Å². The van der Waals surface area contributed by atoms with E-state index in [0.29, 0.717) is 5.69 Å². The third-order valence-electron chi connectivity index (χ3n) is 6.17. The van der Waals surface area contributed by atoms with Crippen molar-refractivity contribution in [3.63, 3.8) is 0 Å². The molecular formula is C26H29N3O5S2. The third-order valence-corrected chi connectivity index (χ3v) is 9.97. The van der Waals surface area contributed by atoms with Gasteiger partial charge in [-0.25, -0.2) is 16.8 Å². The number of carbonyl (C=O) groups excluding carboxylic acids is 1. The van der Waals surface area contributed by atoms with Crippen molar-refractivity contribution in [1.29, 1.82) is 0 Å². The maximum atomic E-state index is 13.6. The third kappa shape index (κ3) is 5.22. The monoisotopic (exact) mass is 527 g/mol. The fourth-order valence-electron chi connectivity index (χ4n) is 4.26. The number of rotatable bonds is 7. The van der Waals surface area contributed by atoms with Gasteiger partial charge in [-0.3, -0.25) is 4.79 Å². The topological polar surface area (TPSA) is 104 Å². The average Bonchev–Trinajstić information content (AvgIpc) is 2.89. The van der Waals surface area contributed by atoms with E-state index in [1.165, 1.54) is 28.6 Å². The van der Waals surface area contributed by atoms with Crippen LogP contribution in [0.2, 0.25) is 0 Å². The minimum atomic E-state index is -4.06. The van der Waals surface area contributed by atoms with Crippen LogP contribution in [0.1, 0.15) is 25.3 Å². The van der Waals surface area contributed by atoms with Gasteiger partial charge in [0.1, 0.15) is 6.04 Å². The van der Waals surface area contributed by atoms with E-state index in [2.05, 4.69) is 5.32 Å². The smallest absolute Gasteiger partial charge is 0.244 e. The maximum Gasteiger partial charge on any atom is 0.244 e. The summed E-state index contributed by atoms with van der Waals surface area (Å²) in [7, 11) is -7.98. The summed E-state index contributed by atoms with van der Waals surface area (Å²) in [6.45, 7) is 3.44. The molecule has 8 nitrogen and oxygen atoms in total. The summed E-state index contributed by atoms with van der Waals surface area (Å²) in [5.74, 6) is -0.470. The molecule has 36 heavy (non-hydrogen) atoms. The minimum absolute atomic E-state index is 0.0461. The first-order chi connectivity index (χ1) is 17.1. The summed E-state index contributed by atoms with van der Waals surface area (Å²) in [5, 5.41) is 2.86. The second kappa shape index (κ2) is 10.5. The Bertz CT molecular complexity index is 1430. The van der Waals surface area contributed by atoms with Crippen LogP contribution >= 0.6 is 0 Å². The Morgan fingerprint density at radius 2 is 1.31 bits per heavy atom. The van der Waals surface area contributed by atoms with Gasteiger partial charge in [-0.05, 0) is 41.8 Å². The summed E-state index contributed by atoms with van der Waals surface area (Å²) in [6.07, 6.45) is 0. The zero-order chi connectivity index (χ0) is 25.9. The summed E-state index contributed by atoms with van der Waals surface area (Å²) >= 11 is 0. The highest BCUT2D eigenvalue weighted by Crippen LogP contribution is 2.28. The van der Waals surface area contributed by atoms with Crippen molar-refractivity contribution in [2.45, 2.75) is 35.6 Å². The standard InChI is InChI=1S/C26H29N3O5S2/c1-20(2)23-15-9-10-16-24(23)27-26(30)25-19-28(35(31,32)21-11-5-3-6-12-21)17-18-29(25)36(33,34)22-13-7-4-8-14-22/h3-16,20,25H,17-19H2,1-2H3,(H,27,30)/t25-/m1/s1. The molecule has 4 rings (SSSR count). The van der Waals surface area contributed by atoms with Crippen molar-refractivity contribution in [3.8, 4) is 0 Å². The van der Waals surface area contributed by atoms with E-state index in [9.17, 15) is 21.6 Å². The van der Waals surface area contributed by atoms with Gasteiger partial charge in [0, 0.05) is 25.3 Å². The van der Waals surface area contributed by atoms with E-state index in [0.717, 1.165) is 9.87 Å². The maximum absolute atomic E-state index is 13.6. The van der Waals surface area contributed by atoms with Crippen molar-refractivity contribution in [2.24, 2.45) is 0 Å². The van der Waals surface area contributed by atoms with Crippen LogP contribution in [0.5, 0.6) is 0 Å². The van der Waals surface area contributed by atoms with E-state index >= 15 is 0 Å². The van der Waals surface area contributed by atoms with Gasteiger partial charge < -0.3 is 5.32 Å². The molecule has 0 aromatic heterocycles. The Hall–Kier alpha value is -3.05. The number of hydrogen-bond acceptors (Lipinski definition) is 5. The first kappa shape index (κ1) is 26.0. The first-order valence-electron chi connectivity index (χ1n) is 11.6. The average molecular weight is 528 g/mol. The molecule has 1 amide bonds. The van der Waals surface area contributed by atoms with Crippen LogP contribution < -0.4 is 5.32 Å². The van der Waals surface area contributed by atoms with Gasteiger partial charge in [0.2, 0.25) is 26.0 Å². The summed E-state index contributed by atoms with van der Waals surface area (Å²) < 4.78 is 56.0. The molecule has 1 fully saturated rings. The number of anilines is 1. The number of amides is 1. The van der Waals surface area contributed by atoms with Crippen molar-refractivity contribution < 1.29 is 21.6 Å². The Morgan fingerprint density at radius 1 is 0.778 bits per heavy atom. The Kier molecular flexibility index (Phi) is 7.60. The highest BCUT2D eigenvalue weighted by Gasteiger charge is 2.43. The number of para-hydroxylation sites is 1. The predicted molar refractivity (Wildman–Crippen MR) is 138 cm³/mol. The number of nitrogens with one attached hydrogen (secondary N) is 1. The summed E-state index contributed by atoms with van der Waals surface area (Å²) in [5.41, 5.74) is 1.46. The molecular weight excluding hydrogens is 498 g/mol. The largest absolute Gasteiger partial charge is 0.324 e. The van der Waals surface area contributed by atoms with Crippen LogP contribution in [0.3, 0.4) is 0 Å². The highest BCUT2D eigenvalue weighted by molar-refractivity contribution is 7.89. The molecule has 10 heteroatoms. The van der Waals surface area contributed by atoms with Crippen LogP contribution in [-0.4, -0.2) is 57.0 Å². The Labute approximate surface area is 212 Å². The predicted octanol–water partition coefficient (Wildman–Crippen LogP) is 3.51. The van der Waals surface area contributed by atoms with Crippen LogP contribution in [0, 0.1) is 0 Å². The number of sulfonamides is 2. The van der Waals surface area contributed by atoms with Gasteiger partial charge in [-0.2, -0.15) is 8.61 Å². The number of hydrogen-bond donors (Lipinski definition) is 1. The van der Waals surface area contributed by atoms with E-state index in [1.54, 1.807) is 48.5 Å². The van der Waals surface area contributed by atoms with Crippen molar-refractivity contribution in [1.82, 2.24) is 8.61 Å². The SMILES string of the molecule is CC(C)c1ccccc1NC(=O)[C@H]1CN(S(=O)(=O)c2ccccc2)CCN1S(=O)(=O)c1ccccc1. The lowest BCUT2D eigenvalue weighted by Gasteiger charge is -2.39.